The number of ether oxygens (including phenoxy) is 3. The van der Waals surface area contributed by atoms with Gasteiger partial charge in [-0.2, -0.15) is 0 Å². The Bertz CT molecular complexity index is 1450. The number of rotatable bonds is 7. The Kier molecular flexibility index (Phi) is 6.79. The summed E-state index contributed by atoms with van der Waals surface area (Å²) in [5, 5.41) is 0. The van der Waals surface area contributed by atoms with Gasteiger partial charge >= 0.3 is 5.97 Å². The van der Waals surface area contributed by atoms with Crippen LogP contribution in [0.4, 0.5) is 0 Å². The second-order valence-corrected chi connectivity index (χ2v) is 8.53. The molecule has 1 aliphatic rings. The third-order valence-electron chi connectivity index (χ3n) is 5.40. The van der Waals surface area contributed by atoms with E-state index in [-0.39, 0.29) is 12.2 Å². The van der Waals surface area contributed by atoms with Crippen LogP contribution in [0.3, 0.4) is 0 Å². The van der Waals surface area contributed by atoms with Gasteiger partial charge in [-0.15, -0.1) is 0 Å². The summed E-state index contributed by atoms with van der Waals surface area (Å²) in [4.78, 5) is 31.7. The Morgan fingerprint density at radius 3 is 2.56 bits per heavy atom. The van der Waals surface area contributed by atoms with E-state index in [0.29, 0.717) is 32.1 Å². The van der Waals surface area contributed by atoms with Crippen LogP contribution >= 0.6 is 11.3 Å². The van der Waals surface area contributed by atoms with E-state index in [0.717, 1.165) is 11.1 Å². The Hall–Kier alpha value is -3.91. The first-order valence-electron chi connectivity index (χ1n) is 10.6. The number of esters is 1. The van der Waals surface area contributed by atoms with E-state index in [4.69, 9.17) is 14.2 Å². The minimum absolute atomic E-state index is 0.0607. The summed E-state index contributed by atoms with van der Waals surface area (Å²) in [7, 11) is 3.18. The highest BCUT2D eigenvalue weighted by molar-refractivity contribution is 7.07. The van der Waals surface area contributed by atoms with Crippen molar-refractivity contribution in [3.63, 3.8) is 0 Å². The number of hydrogen-bond acceptors (Lipinski definition) is 7. The van der Waals surface area contributed by atoms with Crippen molar-refractivity contribution in [1.29, 1.82) is 0 Å². The second kappa shape index (κ2) is 9.93. The van der Waals surface area contributed by atoms with Gasteiger partial charge < -0.3 is 14.2 Å². The predicted octanol–water partition coefficient (Wildman–Crippen LogP) is 2.98. The Balaban J connectivity index is 1.91. The van der Waals surface area contributed by atoms with Crippen LogP contribution in [-0.2, 0) is 9.53 Å². The fourth-order valence-corrected chi connectivity index (χ4v) is 4.83. The lowest BCUT2D eigenvalue weighted by Gasteiger charge is -2.24. The fourth-order valence-electron chi connectivity index (χ4n) is 3.78. The maximum Gasteiger partial charge on any atom is 0.338 e. The molecule has 0 saturated carbocycles. The number of allylic oxidation sites excluding steroid dienone is 1. The lowest BCUT2D eigenvalue weighted by Crippen LogP contribution is -2.39. The standard InChI is InChI=1S/C26H24N2O5S/c1-5-13-33-25(30)22-16(2)27-26-28(23(22)18-9-11-19(31-3)12-10-18)24(29)21(34-26)15-17-7-6-8-20(14-17)32-4/h5-12,14-15,23H,1,13H2,2-4H3. The van der Waals surface area contributed by atoms with Crippen molar-refractivity contribution in [2.75, 3.05) is 20.8 Å². The molecule has 0 fully saturated rings. The van der Waals surface area contributed by atoms with Crippen LogP contribution in [0.25, 0.3) is 6.08 Å². The molecule has 7 nitrogen and oxygen atoms in total. The SMILES string of the molecule is C=CCOC(=O)C1=C(C)N=c2sc(=Cc3cccc(OC)c3)c(=O)n2C1c1ccc(OC)cc1. The van der Waals surface area contributed by atoms with Crippen LogP contribution in [0.5, 0.6) is 11.5 Å². The number of methoxy groups -OCH3 is 2. The van der Waals surface area contributed by atoms with Crippen LogP contribution in [0.2, 0.25) is 0 Å². The molecule has 0 aliphatic carbocycles. The van der Waals surface area contributed by atoms with Gasteiger partial charge in [-0.3, -0.25) is 9.36 Å². The lowest BCUT2D eigenvalue weighted by molar-refractivity contribution is -0.138. The monoisotopic (exact) mass is 476 g/mol. The fraction of sp³-hybridized carbons (Fsp3) is 0.192. The molecule has 3 aromatic rings. The summed E-state index contributed by atoms with van der Waals surface area (Å²) >= 11 is 1.27. The number of fused-ring (bicyclic) bond motifs is 1. The van der Waals surface area contributed by atoms with E-state index in [1.807, 2.05) is 36.4 Å². The summed E-state index contributed by atoms with van der Waals surface area (Å²) in [6.07, 6.45) is 3.30. The molecule has 4 rings (SSSR count). The largest absolute Gasteiger partial charge is 0.497 e. The van der Waals surface area contributed by atoms with Crippen molar-refractivity contribution in [3.8, 4) is 11.5 Å². The quantitative estimate of drug-likeness (QED) is 0.387. The van der Waals surface area contributed by atoms with Crippen molar-refractivity contribution in [2.45, 2.75) is 13.0 Å². The summed E-state index contributed by atoms with van der Waals surface area (Å²) in [6, 6.07) is 14.0. The average molecular weight is 477 g/mol. The van der Waals surface area contributed by atoms with Crippen LogP contribution in [0.1, 0.15) is 24.1 Å². The summed E-state index contributed by atoms with van der Waals surface area (Å²) in [6.45, 7) is 5.41. The number of benzene rings is 2. The molecule has 0 bridgehead atoms. The number of nitrogens with zero attached hydrogens (tertiary/aromatic N) is 2. The first kappa shape index (κ1) is 23.3. The molecule has 0 amide bonds. The molecule has 1 unspecified atom stereocenters. The van der Waals surface area contributed by atoms with E-state index in [1.54, 1.807) is 43.9 Å². The van der Waals surface area contributed by atoms with Crippen LogP contribution < -0.4 is 24.4 Å². The number of aromatic nitrogens is 1. The van der Waals surface area contributed by atoms with Gasteiger partial charge in [0.05, 0.1) is 36.1 Å². The van der Waals surface area contributed by atoms with E-state index in [1.165, 1.54) is 17.4 Å². The molecule has 0 saturated heterocycles. The van der Waals surface area contributed by atoms with E-state index >= 15 is 0 Å². The van der Waals surface area contributed by atoms with Crippen LogP contribution in [0, 0.1) is 0 Å². The van der Waals surface area contributed by atoms with E-state index in [9.17, 15) is 9.59 Å². The van der Waals surface area contributed by atoms with E-state index < -0.39 is 12.0 Å². The molecule has 1 aliphatic heterocycles. The second-order valence-electron chi connectivity index (χ2n) is 7.52. The topological polar surface area (TPSA) is 79.1 Å². The minimum atomic E-state index is -0.688. The van der Waals surface area contributed by atoms with Gasteiger partial charge in [-0.05, 0) is 48.4 Å². The maximum absolute atomic E-state index is 13.6. The minimum Gasteiger partial charge on any atom is -0.497 e. The van der Waals surface area contributed by atoms with Gasteiger partial charge in [0, 0.05) is 0 Å². The predicted molar refractivity (Wildman–Crippen MR) is 131 cm³/mol. The molecule has 1 atom stereocenters. The Labute approximate surface area is 200 Å². The van der Waals surface area contributed by atoms with Crippen molar-refractivity contribution in [2.24, 2.45) is 4.99 Å². The first-order chi connectivity index (χ1) is 16.5. The molecule has 34 heavy (non-hydrogen) atoms. The summed E-state index contributed by atoms with van der Waals surface area (Å²) < 4.78 is 18.0. The van der Waals surface area contributed by atoms with Gasteiger partial charge in [-0.1, -0.05) is 48.3 Å². The maximum atomic E-state index is 13.6. The summed E-state index contributed by atoms with van der Waals surface area (Å²) in [5.74, 6) is 0.829. The van der Waals surface area contributed by atoms with Gasteiger partial charge in [0.15, 0.2) is 4.80 Å². The zero-order chi connectivity index (χ0) is 24.2. The molecule has 1 aromatic heterocycles. The highest BCUT2D eigenvalue weighted by atomic mass is 32.1. The summed E-state index contributed by atoms with van der Waals surface area (Å²) in [5.41, 5.74) is 2.15. The van der Waals surface area contributed by atoms with E-state index in [2.05, 4.69) is 11.6 Å². The average Bonchev–Trinajstić information content (AvgIpc) is 3.16. The van der Waals surface area contributed by atoms with Gasteiger partial charge in [0.25, 0.3) is 5.56 Å². The molecular weight excluding hydrogens is 452 g/mol. The molecule has 2 heterocycles. The van der Waals surface area contributed by atoms with Gasteiger partial charge in [-0.25, -0.2) is 9.79 Å². The Morgan fingerprint density at radius 2 is 1.88 bits per heavy atom. The molecule has 0 spiro atoms. The smallest absolute Gasteiger partial charge is 0.338 e. The molecule has 2 aromatic carbocycles. The normalized spacial score (nSPS) is 15.4. The third-order valence-corrected chi connectivity index (χ3v) is 6.38. The lowest BCUT2D eigenvalue weighted by atomic mass is 9.96. The highest BCUT2D eigenvalue weighted by Gasteiger charge is 2.33. The van der Waals surface area contributed by atoms with Crippen molar-refractivity contribution in [1.82, 2.24) is 4.57 Å². The molecule has 0 N–H and O–H groups in total. The number of thiazole rings is 1. The van der Waals surface area contributed by atoms with Gasteiger partial charge in [0.1, 0.15) is 18.1 Å². The van der Waals surface area contributed by atoms with Crippen LogP contribution in [-0.4, -0.2) is 31.4 Å². The number of carbonyl (C=O) groups excluding carboxylic acids is 1. The molecule has 174 valence electrons. The molecular formula is C26H24N2O5S. The number of carbonyl (C=O) groups is 1. The third kappa shape index (κ3) is 4.45. The van der Waals surface area contributed by atoms with Crippen molar-refractivity contribution in [3.05, 3.63) is 103 Å². The highest BCUT2D eigenvalue weighted by Crippen LogP contribution is 2.31. The Morgan fingerprint density at radius 1 is 1.15 bits per heavy atom. The zero-order valence-electron chi connectivity index (χ0n) is 19.1. The zero-order valence-corrected chi connectivity index (χ0v) is 19.9. The number of hydrogen-bond donors (Lipinski definition) is 0. The first-order valence-corrected chi connectivity index (χ1v) is 11.4. The van der Waals surface area contributed by atoms with Gasteiger partial charge in [0.2, 0.25) is 0 Å². The van der Waals surface area contributed by atoms with Crippen molar-refractivity contribution >= 4 is 23.4 Å². The van der Waals surface area contributed by atoms with Crippen LogP contribution in [0.15, 0.2) is 82.2 Å². The molecule has 0 radical (unpaired) electrons. The van der Waals surface area contributed by atoms with Crippen molar-refractivity contribution < 1.29 is 19.0 Å². The molecule has 8 heteroatoms.